The number of rotatable bonds is 2. The van der Waals surface area contributed by atoms with Crippen LogP contribution in [0.15, 0.2) is 31.1 Å². The van der Waals surface area contributed by atoms with E-state index in [-0.39, 0.29) is 0 Å². The van der Waals surface area contributed by atoms with Crippen LogP contribution >= 0.6 is 0 Å². The normalized spacial score (nSPS) is 27.6. The second-order valence-electron chi connectivity index (χ2n) is 4.64. The molecule has 3 rings (SSSR count). The molecule has 1 aliphatic carbocycles. The summed E-state index contributed by atoms with van der Waals surface area (Å²) in [6.45, 7) is 4.95. The molecule has 0 saturated carbocycles. The fraction of sp³-hybridized carbons (Fsp3) is 0.357. The molecule has 1 aromatic heterocycles. The molecule has 2 nitrogen and oxygen atoms in total. The van der Waals surface area contributed by atoms with Gasteiger partial charge in [-0.25, -0.2) is 0 Å². The zero-order valence-electron chi connectivity index (χ0n) is 9.32. The van der Waals surface area contributed by atoms with Gasteiger partial charge in [-0.05, 0) is 48.1 Å². The molecule has 1 aromatic rings. The maximum atomic E-state index is 4.26. The third-order valence-electron chi connectivity index (χ3n) is 3.63. The van der Waals surface area contributed by atoms with E-state index in [0.717, 1.165) is 11.5 Å². The highest BCUT2D eigenvalue weighted by molar-refractivity contribution is 5.70. The topological polar surface area (TPSA) is 24.9 Å². The Hall–Kier alpha value is -1.41. The number of nitrogens with one attached hydrogen (secondary N) is 1. The number of pyridine rings is 1. The fourth-order valence-corrected chi connectivity index (χ4v) is 2.73. The average Bonchev–Trinajstić information content (AvgIpc) is 2.89. The van der Waals surface area contributed by atoms with Crippen molar-refractivity contribution in [1.82, 2.24) is 10.3 Å². The monoisotopic (exact) mass is 212 g/mol. The van der Waals surface area contributed by atoms with Gasteiger partial charge in [0.05, 0.1) is 0 Å². The molecule has 1 aliphatic heterocycles. The van der Waals surface area contributed by atoms with E-state index < -0.39 is 0 Å². The van der Waals surface area contributed by atoms with Crippen LogP contribution in [0, 0.1) is 5.92 Å². The van der Waals surface area contributed by atoms with Crippen molar-refractivity contribution in [2.24, 2.45) is 5.92 Å². The minimum absolute atomic E-state index is 0.599. The van der Waals surface area contributed by atoms with Crippen LogP contribution in [-0.4, -0.2) is 17.6 Å². The highest BCUT2D eigenvalue weighted by atomic mass is 15.0. The summed E-state index contributed by atoms with van der Waals surface area (Å²) in [4.78, 5) is 4.26. The van der Waals surface area contributed by atoms with Crippen LogP contribution < -0.4 is 5.32 Å². The van der Waals surface area contributed by atoms with Crippen molar-refractivity contribution in [3.63, 3.8) is 0 Å². The van der Waals surface area contributed by atoms with E-state index >= 15 is 0 Å². The van der Waals surface area contributed by atoms with Gasteiger partial charge >= 0.3 is 0 Å². The Morgan fingerprint density at radius 2 is 2.38 bits per heavy atom. The molecular weight excluding hydrogens is 196 g/mol. The predicted molar refractivity (Wildman–Crippen MR) is 66.8 cm³/mol. The van der Waals surface area contributed by atoms with Crippen molar-refractivity contribution in [2.75, 3.05) is 6.54 Å². The van der Waals surface area contributed by atoms with Gasteiger partial charge in [-0.15, -0.1) is 0 Å². The molecular formula is C14H16N2. The Morgan fingerprint density at radius 1 is 1.44 bits per heavy atom. The Morgan fingerprint density at radius 3 is 3.19 bits per heavy atom. The number of allylic oxidation sites excluding steroid dienone is 1. The second-order valence-corrected chi connectivity index (χ2v) is 4.64. The van der Waals surface area contributed by atoms with E-state index in [1.165, 1.54) is 30.5 Å². The Kier molecular flexibility index (Phi) is 2.37. The molecule has 2 heterocycles. The lowest BCUT2D eigenvalue weighted by Crippen LogP contribution is -2.20. The fourth-order valence-electron chi connectivity index (χ4n) is 2.73. The maximum absolute atomic E-state index is 4.26. The molecule has 2 heteroatoms. The molecule has 1 N–H and O–H groups in total. The molecule has 2 unspecified atom stereocenters. The van der Waals surface area contributed by atoms with Crippen LogP contribution in [0.4, 0.5) is 0 Å². The van der Waals surface area contributed by atoms with Gasteiger partial charge in [-0.3, -0.25) is 4.98 Å². The molecule has 1 saturated heterocycles. The molecule has 0 amide bonds. The molecule has 0 radical (unpaired) electrons. The smallest absolute Gasteiger partial charge is 0.0343 e. The van der Waals surface area contributed by atoms with E-state index in [1.807, 2.05) is 18.5 Å². The van der Waals surface area contributed by atoms with Crippen molar-refractivity contribution in [2.45, 2.75) is 18.9 Å². The van der Waals surface area contributed by atoms with Gasteiger partial charge in [0.25, 0.3) is 0 Å². The SMILES string of the molecule is C=Cc1cncc(C2=CC3NCCC3C2)c1. The Bertz CT molecular complexity index is 448. The zero-order valence-corrected chi connectivity index (χ0v) is 9.32. The lowest BCUT2D eigenvalue weighted by molar-refractivity contribution is 0.553. The molecule has 82 valence electrons. The van der Waals surface area contributed by atoms with Crippen LogP contribution in [0.1, 0.15) is 24.0 Å². The summed E-state index contributed by atoms with van der Waals surface area (Å²) in [6, 6.07) is 2.77. The lowest BCUT2D eigenvalue weighted by Gasteiger charge is -2.06. The molecule has 0 spiro atoms. The summed E-state index contributed by atoms with van der Waals surface area (Å²) >= 11 is 0. The summed E-state index contributed by atoms with van der Waals surface area (Å²) in [5.41, 5.74) is 3.80. The number of fused-ring (bicyclic) bond motifs is 1. The van der Waals surface area contributed by atoms with Crippen molar-refractivity contribution in [1.29, 1.82) is 0 Å². The minimum Gasteiger partial charge on any atom is -0.310 e. The molecule has 2 atom stereocenters. The molecule has 0 bridgehead atoms. The highest BCUT2D eigenvalue weighted by Crippen LogP contribution is 2.36. The standard InChI is InChI=1S/C14H16N2/c1-2-10-5-13(9-15-8-10)12-6-11-3-4-16-14(11)7-12/h2,5,7-9,11,14,16H,1,3-4,6H2. The Balaban J connectivity index is 1.90. The number of hydrogen-bond acceptors (Lipinski definition) is 2. The van der Waals surface area contributed by atoms with Gasteiger partial charge in [0.15, 0.2) is 0 Å². The van der Waals surface area contributed by atoms with Crippen LogP contribution in [0.5, 0.6) is 0 Å². The van der Waals surface area contributed by atoms with Gasteiger partial charge < -0.3 is 5.32 Å². The largest absolute Gasteiger partial charge is 0.310 e. The summed E-state index contributed by atoms with van der Waals surface area (Å²) in [7, 11) is 0. The summed E-state index contributed by atoms with van der Waals surface area (Å²) in [5, 5.41) is 3.53. The van der Waals surface area contributed by atoms with E-state index in [9.17, 15) is 0 Å². The van der Waals surface area contributed by atoms with Gasteiger partial charge in [-0.2, -0.15) is 0 Å². The van der Waals surface area contributed by atoms with Crippen LogP contribution in [-0.2, 0) is 0 Å². The first-order chi connectivity index (χ1) is 7.86. The first-order valence-electron chi connectivity index (χ1n) is 5.89. The number of nitrogens with zero attached hydrogens (tertiary/aromatic N) is 1. The number of aromatic nitrogens is 1. The van der Waals surface area contributed by atoms with Crippen LogP contribution in [0.25, 0.3) is 11.6 Å². The van der Waals surface area contributed by atoms with Gasteiger partial charge in [0.2, 0.25) is 0 Å². The van der Waals surface area contributed by atoms with Gasteiger partial charge in [0.1, 0.15) is 0 Å². The van der Waals surface area contributed by atoms with Gasteiger partial charge in [0, 0.05) is 18.4 Å². The minimum atomic E-state index is 0.599. The quantitative estimate of drug-likeness (QED) is 0.814. The average molecular weight is 212 g/mol. The van der Waals surface area contributed by atoms with E-state index in [2.05, 4.69) is 29.0 Å². The van der Waals surface area contributed by atoms with Crippen LogP contribution in [0.2, 0.25) is 0 Å². The highest BCUT2D eigenvalue weighted by Gasteiger charge is 2.31. The summed E-state index contributed by atoms with van der Waals surface area (Å²) in [6.07, 6.45) is 10.5. The van der Waals surface area contributed by atoms with E-state index in [4.69, 9.17) is 0 Å². The van der Waals surface area contributed by atoms with E-state index in [0.29, 0.717) is 6.04 Å². The van der Waals surface area contributed by atoms with E-state index in [1.54, 1.807) is 0 Å². The predicted octanol–water partition coefficient (Wildman–Crippen LogP) is 2.49. The van der Waals surface area contributed by atoms with Gasteiger partial charge in [-0.1, -0.05) is 18.7 Å². The molecule has 2 aliphatic rings. The van der Waals surface area contributed by atoms with Crippen LogP contribution in [0.3, 0.4) is 0 Å². The molecule has 1 fully saturated rings. The third kappa shape index (κ3) is 1.59. The molecule has 16 heavy (non-hydrogen) atoms. The molecule has 0 aromatic carbocycles. The summed E-state index contributed by atoms with van der Waals surface area (Å²) < 4.78 is 0. The Labute approximate surface area is 96.1 Å². The van der Waals surface area contributed by atoms with Crippen molar-refractivity contribution in [3.8, 4) is 0 Å². The second kappa shape index (κ2) is 3.87. The van der Waals surface area contributed by atoms with Crippen molar-refractivity contribution in [3.05, 3.63) is 42.2 Å². The summed E-state index contributed by atoms with van der Waals surface area (Å²) in [5.74, 6) is 0.808. The zero-order chi connectivity index (χ0) is 11.0. The number of hydrogen-bond donors (Lipinski definition) is 1. The lowest BCUT2D eigenvalue weighted by atomic mass is 9.99. The van der Waals surface area contributed by atoms with Crippen molar-refractivity contribution < 1.29 is 0 Å². The first kappa shape index (κ1) is 9.79. The maximum Gasteiger partial charge on any atom is 0.0343 e. The third-order valence-corrected chi connectivity index (χ3v) is 3.63. The first-order valence-corrected chi connectivity index (χ1v) is 5.89. The van der Waals surface area contributed by atoms with Crippen molar-refractivity contribution >= 4 is 11.6 Å².